The summed E-state index contributed by atoms with van der Waals surface area (Å²) in [6.07, 6.45) is 4.10. The zero-order valence-corrected chi connectivity index (χ0v) is 12.7. The molecule has 0 saturated carbocycles. The highest BCUT2D eigenvalue weighted by Crippen LogP contribution is 2.31. The molecule has 0 spiro atoms. The van der Waals surface area contributed by atoms with E-state index in [2.05, 4.69) is 37.5 Å². The van der Waals surface area contributed by atoms with E-state index in [4.69, 9.17) is 5.73 Å². The van der Waals surface area contributed by atoms with Crippen LogP contribution in [0.4, 0.5) is 0 Å². The Labute approximate surface area is 113 Å². The zero-order chi connectivity index (χ0) is 13.4. The summed E-state index contributed by atoms with van der Waals surface area (Å²) in [5.74, 6) is 0. The number of rotatable bonds is 3. The minimum absolute atomic E-state index is 0.116. The van der Waals surface area contributed by atoms with E-state index in [0.717, 1.165) is 12.6 Å². The molecule has 0 aromatic heterocycles. The second kappa shape index (κ2) is 5.10. The zero-order valence-electron chi connectivity index (χ0n) is 12.7. The molecule has 2 N–H and O–H groups in total. The Morgan fingerprint density at radius 2 is 1.72 bits per heavy atom. The Morgan fingerprint density at radius 3 is 2.39 bits per heavy atom. The van der Waals surface area contributed by atoms with Gasteiger partial charge < -0.3 is 10.6 Å². The maximum atomic E-state index is 6.34. The van der Waals surface area contributed by atoms with Gasteiger partial charge >= 0.3 is 0 Å². The molecule has 18 heavy (non-hydrogen) atoms. The first-order chi connectivity index (χ1) is 8.29. The molecule has 0 aromatic carbocycles. The number of nitrogens with two attached hydrogens (primary N) is 1. The Bertz CT molecular complexity index is 280. The summed E-state index contributed by atoms with van der Waals surface area (Å²) >= 11 is 0. The van der Waals surface area contributed by atoms with Crippen LogP contribution in [0.5, 0.6) is 0 Å². The van der Waals surface area contributed by atoms with Crippen LogP contribution < -0.4 is 5.73 Å². The molecule has 2 saturated heterocycles. The Kier molecular flexibility index (Phi) is 4.05. The van der Waals surface area contributed by atoms with E-state index in [1.165, 1.54) is 45.4 Å². The normalized spacial score (nSPS) is 28.2. The Hall–Kier alpha value is -0.120. The standard InChI is InChI=1S/C15H31N3/c1-14(2,15(3,4)16)12-17-8-6-10-18-9-5-7-13(18)11-17/h13H,5-12,16H2,1-4H3. The summed E-state index contributed by atoms with van der Waals surface area (Å²) in [6, 6.07) is 0.809. The van der Waals surface area contributed by atoms with Gasteiger partial charge in [-0.1, -0.05) is 13.8 Å². The second-order valence-corrected chi connectivity index (χ2v) is 7.53. The first-order valence-electron chi connectivity index (χ1n) is 7.55. The smallest absolute Gasteiger partial charge is 0.0223 e. The predicted octanol–water partition coefficient (Wildman–Crippen LogP) is 1.92. The van der Waals surface area contributed by atoms with Crippen molar-refractivity contribution in [3.05, 3.63) is 0 Å². The van der Waals surface area contributed by atoms with Gasteiger partial charge in [-0.25, -0.2) is 0 Å². The van der Waals surface area contributed by atoms with Gasteiger partial charge in [0.15, 0.2) is 0 Å². The van der Waals surface area contributed by atoms with E-state index < -0.39 is 0 Å². The lowest BCUT2D eigenvalue weighted by atomic mass is 9.75. The van der Waals surface area contributed by atoms with E-state index in [1.54, 1.807) is 0 Å². The number of nitrogens with zero attached hydrogens (tertiary/aromatic N) is 2. The minimum Gasteiger partial charge on any atom is -0.325 e. The lowest BCUT2D eigenvalue weighted by molar-refractivity contribution is 0.107. The van der Waals surface area contributed by atoms with Gasteiger partial charge in [-0.05, 0) is 58.2 Å². The molecule has 2 fully saturated rings. The van der Waals surface area contributed by atoms with Gasteiger partial charge in [-0.2, -0.15) is 0 Å². The van der Waals surface area contributed by atoms with Crippen LogP contribution in [0.2, 0.25) is 0 Å². The van der Waals surface area contributed by atoms with Crippen molar-refractivity contribution in [1.82, 2.24) is 9.80 Å². The lowest BCUT2D eigenvalue weighted by Crippen LogP contribution is -2.53. The van der Waals surface area contributed by atoms with Gasteiger partial charge in [0, 0.05) is 24.7 Å². The van der Waals surface area contributed by atoms with Crippen LogP contribution in [0.3, 0.4) is 0 Å². The van der Waals surface area contributed by atoms with E-state index in [9.17, 15) is 0 Å². The molecular weight excluding hydrogens is 222 g/mol. The van der Waals surface area contributed by atoms with Crippen LogP contribution >= 0.6 is 0 Å². The maximum absolute atomic E-state index is 6.34. The van der Waals surface area contributed by atoms with Crippen molar-refractivity contribution in [3.8, 4) is 0 Å². The van der Waals surface area contributed by atoms with E-state index >= 15 is 0 Å². The molecule has 2 rings (SSSR count). The van der Waals surface area contributed by atoms with Crippen LogP contribution in [0.15, 0.2) is 0 Å². The number of hydrogen-bond donors (Lipinski definition) is 1. The highest BCUT2D eigenvalue weighted by molar-refractivity contribution is 4.94. The molecule has 3 heteroatoms. The van der Waals surface area contributed by atoms with Gasteiger partial charge in [0.25, 0.3) is 0 Å². The third-order valence-corrected chi connectivity index (χ3v) is 5.25. The topological polar surface area (TPSA) is 32.5 Å². The van der Waals surface area contributed by atoms with Crippen LogP contribution in [0, 0.1) is 5.41 Å². The van der Waals surface area contributed by atoms with Gasteiger partial charge in [-0.15, -0.1) is 0 Å². The molecule has 0 aliphatic carbocycles. The molecule has 3 nitrogen and oxygen atoms in total. The molecule has 0 radical (unpaired) electrons. The third-order valence-electron chi connectivity index (χ3n) is 5.25. The average Bonchev–Trinajstić information content (AvgIpc) is 2.56. The lowest BCUT2D eigenvalue weighted by Gasteiger charge is -2.42. The Balaban J connectivity index is 1.97. The first kappa shape index (κ1) is 14.3. The maximum Gasteiger partial charge on any atom is 0.0223 e. The molecule has 106 valence electrons. The fourth-order valence-electron chi connectivity index (χ4n) is 3.19. The molecular formula is C15H31N3. The molecule has 0 bridgehead atoms. The highest BCUT2D eigenvalue weighted by atomic mass is 15.3. The molecule has 2 aliphatic rings. The van der Waals surface area contributed by atoms with E-state index in [1.807, 2.05) is 0 Å². The van der Waals surface area contributed by atoms with Gasteiger partial charge in [0.1, 0.15) is 0 Å². The van der Waals surface area contributed by atoms with Gasteiger partial charge in [0.2, 0.25) is 0 Å². The molecule has 2 heterocycles. The molecule has 0 amide bonds. The average molecular weight is 253 g/mol. The molecule has 0 aromatic rings. The van der Waals surface area contributed by atoms with Crippen molar-refractivity contribution in [2.24, 2.45) is 11.1 Å². The SMILES string of the molecule is CC(C)(N)C(C)(C)CN1CCCN2CCCC2C1. The monoisotopic (exact) mass is 253 g/mol. The van der Waals surface area contributed by atoms with Crippen molar-refractivity contribution in [2.45, 2.75) is 58.5 Å². The van der Waals surface area contributed by atoms with Crippen LogP contribution in [-0.2, 0) is 0 Å². The van der Waals surface area contributed by atoms with Crippen LogP contribution in [-0.4, -0.2) is 54.1 Å². The Morgan fingerprint density at radius 1 is 1.06 bits per heavy atom. The van der Waals surface area contributed by atoms with Gasteiger partial charge in [0.05, 0.1) is 0 Å². The number of hydrogen-bond acceptors (Lipinski definition) is 3. The summed E-state index contributed by atoms with van der Waals surface area (Å²) in [5, 5.41) is 0. The largest absolute Gasteiger partial charge is 0.325 e. The number of fused-ring (bicyclic) bond motifs is 1. The minimum atomic E-state index is -0.116. The second-order valence-electron chi connectivity index (χ2n) is 7.53. The van der Waals surface area contributed by atoms with Crippen molar-refractivity contribution in [2.75, 3.05) is 32.7 Å². The first-order valence-corrected chi connectivity index (χ1v) is 7.55. The summed E-state index contributed by atoms with van der Waals surface area (Å²) < 4.78 is 0. The fourth-order valence-corrected chi connectivity index (χ4v) is 3.19. The summed E-state index contributed by atoms with van der Waals surface area (Å²) in [4.78, 5) is 5.35. The molecule has 2 aliphatic heterocycles. The summed E-state index contributed by atoms with van der Waals surface area (Å²) in [7, 11) is 0. The molecule has 1 atom stereocenters. The quantitative estimate of drug-likeness (QED) is 0.834. The van der Waals surface area contributed by atoms with Crippen molar-refractivity contribution in [3.63, 3.8) is 0 Å². The van der Waals surface area contributed by atoms with Crippen LogP contribution in [0.25, 0.3) is 0 Å². The predicted molar refractivity (Wildman–Crippen MR) is 77.7 cm³/mol. The third kappa shape index (κ3) is 3.06. The van der Waals surface area contributed by atoms with Crippen molar-refractivity contribution < 1.29 is 0 Å². The highest BCUT2D eigenvalue weighted by Gasteiger charge is 2.37. The van der Waals surface area contributed by atoms with Gasteiger partial charge in [-0.3, -0.25) is 4.90 Å². The fraction of sp³-hybridized carbons (Fsp3) is 1.00. The van der Waals surface area contributed by atoms with Crippen molar-refractivity contribution >= 4 is 0 Å². The summed E-state index contributed by atoms with van der Waals surface area (Å²) in [6.45, 7) is 15.2. The summed E-state index contributed by atoms with van der Waals surface area (Å²) in [5.41, 5.74) is 6.39. The van der Waals surface area contributed by atoms with E-state index in [0.29, 0.717) is 0 Å². The molecule has 1 unspecified atom stereocenters. The van der Waals surface area contributed by atoms with E-state index in [-0.39, 0.29) is 11.0 Å². The van der Waals surface area contributed by atoms with Crippen molar-refractivity contribution in [1.29, 1.82) is 0 Å². The van der Waals surface area contributed by atoms with Crippen LogP contribution in [0.1, 0.15) is 47.0 Å².